The van der Waals surface area contributed by atoms with Crippen LogP contribution < -0.4 is 5.23 Å². The summed E-state index contributed by atoms with van der Waals surface area (Å²) in [5.41, 5.74) is 0. The highest BCUT2D eigenvalue weighted by Gasteiger charge is 1.59. The highest BCUT2D eigenvalue weighted by Crippen LogP contribution is 1.51. The van der Waals surface area contributed by atoms with Crippen LogP contribution in [0.2, 0.25) is 0 Å². The Morgan fingerprint density at radius 3 is 3.00 bits per heavy atom. The fourth-order valence-corrected chi connectivity index (χ4v) is 0.236. The van der Waals surface area contributed by atoms with Gasteiger partial charge in [-0.15, -0.1) is 13.3 Å². The van der Waals surface area contributed by atoms with E-state index in [2.05, 4.69) is 17.1 Å². The average Bonchev–Trinajstić information content (AvgIpc) is 1.81. The molecule has 0 fully saturated rings. The summed E-state index contributed by atoms with van der Waals surface area (Å²) in [5.74, 6) is 7.25. The first kappa shape index (κ1) is 7.07. The van der Waals surface area contributed by atoms with Gasteiger partial charge in [-0.3, -0.25) is 5.26 Å². The molecular weight excluding hydrogens is 98.9 g/mol. The minimum absolute atomic E-state index is 0.560. The maximum atomic E-state index is 7.95. The fraction of sp³-hybridized carbons (Fsp3) is 0.400. The minimum Gasteiger partial charge on any atom is -0.528 e. The number of nitriles is 1. The van der Waals surface area contributed by atoms with Crippen molar-refractivity contribution in [3.8, 4) is 17.8 Å². The predicted molar refractivity (Wildman–Crippen MR) is 32.8 cm³/mol. The zero-order valence-electron chi connectivity index (χ0n) is 4.73. The van der Waals surface area contributed by atoms with Crippen molar-refractivity contribution in [2.45, 2.75) is 6.92 Å². The zero-order valence-corrected chi connectivity index (χ0v) is 4.73. The molecule has 0 amide bonds. The molecule has 0 aliphatic heterocycles. The molecule has 0 aromatic rings. The van der Waals surface area contributed by atoms with E-state index in [0.717, 1.165) is 0 Å². The van der Waals surface area contributed by atoms with Gasteiger partial charge in [0.25, 0.3) is 0 Å². The van der Waals surface area contributed by atoms with Gasteiger partial charge in [0, 0.05) is 6.54 Å². The third-order valence-electron chi connectivity index (χ3n) is 0.534. The Kier molecular flexibility index (Phi) is 5.37. The summed E-state index contributed by atoms with van der Waals surface area (Å²) in [4.78, 5) is 0. The quantitative estimate of drug-likeness (QED) is 0.297. The van der Waals surface area contributed by atoms with Crippen molar-refractivity contribution >= 4 is 7.41 Å². The third-order valence-corrected chi connectivity index (χ3v) is 0.534. The lowest BCUT2D eigenvalue weighted by Gasteiger charge is -2.01. The van der Waals surface area contributed by atoms with Gasteiger partial charge < -0.3 is 5.23 Å². The Morgan fingerprint density at radius 1 is 1.75 bits per heavy atom. The van der Waals surface area contributed by atoms with E-state index in [1.165, 1.54) is 7.41 Å². The number of hydrogen-bond acceptors (Lipinski definition) is 2. The third kappa shape index (κ3) is 5.07. The predicted octanol–water partition coefficient (Wildman–Crippen LogP) is -0.300. The summed E-state index contributed by atoms with van der Waals surface area (Å²) >= 11 is 0. The SMILES string of the molecule is CC#CCN[B-]C#N. The van der Waals surface area contributed by atoms with E-state index in [9.17, 15) is 0 Å². The van der Waals surface area contributed by atoms with Crippen molar-refractivity contribution in [1.82, 2.24) is 5.23 Å². The minimum atomic E-state index is 0.560. The molecule has 0 saturated carbocycles. The van der Waals surface area contributed by atoms with Gasteiger partial charge in [0.2, 0.25) is 0 Å². The first-order valence-corrected chi connectivity index (χ1v) is 2.26. The second-order valence-electron chi connectivity index (χ2n) is 1.08. The smallest absolute Gasteiger partial charge is 0.0190 e. The van der Waals surface area contributed by atoms with Crippen LogP contribution >= 0.6 is 0 Å². The molecule has 0 bridgehead atoms. The van der Waals surface area contributed by atoms with Gasteiger partial charge in [0.15, 0.2) is 0 Å². The van der Waals surface area contributed by atoms with Gasteiger partial charge in [0.05, 0.1) is 0 Å². The van der Waals surface area contributed by atoms with Gasteiger partial charge in [-0.1, -0.05) is 5.92 Å². The molecule has 0 spiro atoms. The van der Waals surface area contributed by atoms with Crippen LogP contribution in [-0.2, 0) is 0 Å². The van der Waals surface area contributed by atoms with Gasteiger partial charge in [-0.25, -0.2) is 5.97 Å². The molecule has 8 heavy (non-hydrogen) atoms. The molecular formula is C5H6BN2-. The monoisotopic (exact) mass is 105 g/mol. The Morgan fingerprint density at radius 2 is 2.50 bits per heavy atom. The van der Waals surface area contributed by atoms with E-state index in [0.29, 0.717) is 6.54 Å². The molecule has 40 valence electrons. The summed E-state index contributed by atoms with van der Waals surface area (Å²) in [6.07, 6.45) is 0. The number of rotatable bonds is 2. The van der Waals surface area contributed by atoms with Gasteiger partial charge in [-0.2, -0.15) is 0 Å². The Balaban J connectivity index is 2.93. The van der Waals surface area contributed by atoms with Crippen molar-refractivity contribution in [1.29, 1.82) is 5.26 Å². The van der Waals surface area contributed by atoms with Crippen LogP contribution in [0.3, 0.4) is 0 Å². The number of nitrogens with zero attached hydrogens (tertiary/aromatic N) is 1. The Labute approximate surface area is 50.2 Å². The van der Waals surface area contributed by atoms with Crippen LogP contribution in [-0.4, -0.2) is 14.0 Å². The van der Waals surface area contributed by atoms with Crippen molar-refractivity contribution in [3.05, 3.63) is 0 Å². The van der Waals surface area contributed by atoms with E-state index in [1.807, 2.05) is 5.97 Å². The standard InChI is InChI=1S/C5H6BN2/c1-2-3-4-8-6-5-7/h8H,4H2,1H3/q-1. The topological polar surface area (TPSA) is 35.8 Å². The largest absolute Gasteiger partial charge is 0.528 e. The molecule has 1 N–H and O–H groups in total. The molecule has 2 radical (unpaired) electrons. The van der Waals surface area contributed by atoms with E-state index in [1.54, 1.807) is 6.92 Å². The van der Waals surface area contributed by atoms with E-state index < -0.39 is 0 Å². The second kappa shape index (κ2) is 6.07. The molecule has 0 saturated heterocycles. The molecule has 0 atom stereocenters. The van der Waals surface area contributed by atoms with Crippen LogP contribution in [0.15, 0.2) is 0 Å². The maximum Gasteiger partial charge on any atom is 0.0190 e. The first-order chi connectivity index (χ1) is 3.91. The Bertz CT molecular complexity index is 137. The maximum absolute atomic E-state index is 7.95. The second-order valence-corrected chi connectivity index (χ2v) is 1.08. The van der Waals surface area contributed by atoms with E-state index in [-0.39, 0.29) is 0 Å². The molecule has 0 aliphatic rings. The molecule has 2 nitrogen and oxygen atoms in total. The summed E-state index contributed by atoms with van der Waals surface area (Å²) in [6.45, 7) is 2.32. The summed E-state index contributed by atoms with van der Waals surface area (Å²) in [5, 5.41) is 10.6. The lowest BCUT2D eigenvalue weighted by atomic mass is 9.99. The first-order valence-electron chi connectivity index (χ1n) is 2.26. The van der Waals surface area contributed by atoms with Crippen molar-refractivity contribution in [2.24, 2.45) is 0 Å². The van der Waals surface area contributed by atoms with Crippen molar-refractivity contribution in [3.63, 3.8) is 0 Å². The molecule has 0 aromatic heterocycles. The van der Waals surface area contributed by atoms with Crippen LogP contribution in [0.5, 0.6) is 0 Å². The lowest BCUT2D eigenvalue weighted by molar-refractivity contribution is 1.13. The van der Waals surface area contributed by atoms with Gasteiger partial charge >= 0.3 is 0 Å². The molecule has 3 heteroatoms. The summed E-state index contributed by atoms with van der Waals surface area (Å²) in [7, 11) is 1.31. The molecule has 0 unspecified atom stereocenters. The van der Waals surface area contributed by atoms with E-state index >= 15 is 0 Å². The van der Waals surface area contributed by atoms with Crippen LogP contribution in [0, 0.1) is 23.1 Å². The highest BCUT2D eigenvalue weighted by molar-refractivity contribution is 6.42. The molecule has 0 heterocycles. The highest BCUT2D eigenvalue weighted by atomic mass is 14.7. The number of hydrogen-bond donors (Lipinski definition) is 1. The van der Waals surface area contributed by atoms with Crippen molar-refractivity contribution < 1.29 is 0 Å². The van der Waals surface area contributed by atoms with E-state index in [4.69, 9.17) is 5.26 Å². The normalized spacial score (nSPS) is 6.50. The average molecular weight is 105 g/mol. The zero-order chi connectivity index (χ0) is 6.24. The van der Waals surface area contributed by atoms with Gasteiger partial charge in [-0.05, 0) is 6.92 Å². The van der Waals surface area contributed by atoms with Crippen LogP contribution in [0.25, 0.3) is 0 Å². The summed E-state index contributed by atoms with van der Waals surface area (Å²) in [6, 6.07) is 0. The van der Waals surface area contributed by atoms with Gasteiger partial charge in [0.1, 0.15) is 0 Å². The van der Waals surface area contributed by atoms with Crippen LogP contribution in [0.1, 0.15) is 6.92 Å². The summed E-state index contributed by atoms with van der Waals surface area (Å²) < 4.78 is 0. The van der Waals surface area contributed by atoms with Crippen molar-refractivity contribution in [2.75, 3.05) is 6.54 Å². The lowest BCUT2D eigenvalue weighted by Crippen LogP contribution is -2.17. The molecule has 0 rings (SSSR count). The number of nitrogens with one attached hydrogen (secondary N) is 1. The molecule has 0 aliphatic carbocycles. The molecule has 0 aromatic carbocycles. The Hall–Kier alpha value is -0.925. The van der Waals surface area contributed by atoms with Crippen LogP contribution in [0.4, 0.5) is 0 Å². The fourth-order valence-electron chi connectivity index (χ4n) is 0.236.